The van der Waals surface area contributed by atoms with E-state index in [2.05, 4.69) is 11.2 Å². The maximum Gasteiger partial charge on any atom is 0.102 e. The van der Waals surface area contributed by atoms with Gasteiger partial charge < -0.3 is 15.2 Å². The number of aryl methyl sites for hydroxylation is 1. The van der Waals surface area contributed by atoms with E-state index in [0.717, 1.165) is 18.5 Å². The molecule has 0 aromatic carbocycles. The second-order valence-corrected chi connectivity index (χ2v) is 4.31. The first-order valence-corrected chi connectivity index (χ1v) is 5.99. The van der Waals surface area contributed by atoms with Gasteiger partial charge >= 0.3 is 0 Å². The van der Waals surface area contributed by atoms with Crippen molar-refractivity contribution in [1.29, 1.82) is 0 Å². The fourth-order valence-electron chi connectivity index (χ4n) is 2.16. The van der Waals surface area contributed by atoms with Crippen molar-refractivity contribution in [1.82, 2.24) is 9.78 Å². The normalized spacial score (nSPS) is 24.0. The summed E-state index contributed by atoms with van der Waals surface area (Å²) in [6.07, 6.45) is 7.26. The van der Waals surface area contributed by atoms with Crippen LogP contribution in [0.3, 0.4) is 0 Å². The first kappa shape index (κ1) is 13.1. The number of allylic oxidation sites excluding steroid dienone is 1. The van der Waals surface area contributed by atoms with Gasteiger partial charge in [0.05, 0.1) is 30.8 Å². The first-order chi connectivity index (χ1) is 8.63. The summed E-state index contributed by atoms with van der Waals surface area (Å²) in [6, 6.07) is 0. The lowest BCUT2D eigenvalue weighted by molar-refractivity contribution is 0.0160. The molecule has 0 fully saturated rings. The van der Waals surface area contributed by atoms with E-state index in [-0.39, 0.29) is 12.2 Å². The molecule has 6 nitrogen and oxygen atoms in total. The van der Waals surface area contributed by atoms with Crippen LogP contribution in [0.1, 0.15) is 31.6 Å². The number of nitrogens with zero attached hydrogens (tertiary/aromatic N) is 3. The molecule has 18 heavy (non-hydrogen) atoms. The Morgan fingerprint density at radius 3 is 3.11 bits per heavy atom. The average Bonchev–Trinajstić information content (AvgIpc) is 2.60. The Balaban J connectivity index is 2.29. The molecule has 1 aliphatic heterocycles. The fraction of sp³-hybridized carbons (Fsp3) is 0.583. The van der Waals surface area contributed by atoms with Crippen LogP contribution in [0.5, 0.6) is 0 Å². The van der Waals surface area contributed by atoms with Gasteiger partial charge in [0.1, 0.15) is 6.10 Å². The van der Waals surface area contributed by atoms with Crippen molar-refractivity contribution < 1.29 is 9.57 Å². The van der Waals surface area contributed by atoms with E-state index in [1.165, 1.54) is 13.3 Å². The summed E-state index contributed by atoms with van der Waals surface area (Å²) in [4.78, 5) is 4.69. The van der Waals surface area contributed by atoms with Crippen molar-refractivity contribution >= 4 is 5.69 Å². The van der Waals surface area contributed by atoms with Crippen molar-refractivity contribution in [2.45, 2.75) is 32.0 Å². The molecule has 0 unspecified atom stereocenters. The molecule has 2 rings (SSSR count). The van der Waals surface area contributed by atoms with Crippen LogP contribution < -0.4 is 5.23 Å². The average molecular weight is 252 g/mol. The molecular weight excluding hydrogens is 234 g/mol. The van der Waals surface area contributed by atoms with Crippen LogP contribution in [0, 0.1) is 5.21 Å². The fourth-order valence-corrected chi connectivity index (χ4v) is 2.16. The van der Waals surface area contributed by atoms with Crippen molar-refractivity contribution in [3.8, 4) is 0 Å². The molecule has 0 saturated carbocycles. The summed E-state index contributed by atoms with van der Waals surface area (Å²) in [5, 5.41) is 16.2. The highest BCUT2D eigenvalue weighted by atomic mass is 16.9. The molecule has 0 N–H and O–H groups in total. The highest BCUT2D eigenvalue weighted by molar-refractivity contribution is 5.49. The van der Waals surface area contributed by atoms with Gasteiger partial charge in [0.2, 0.25) is 0 Å². The van der Waals surface area contributed by atoms with Gasteiger partial charge in [-0.2, -0.15) is 5.10 Å². The number of ether oxygens (including phenoxy) is 1. The molecule has 2 heterocycles. The number of hydrogen-bond acceptors (Lipinski definition) is 5. The molecule has 100 valence electrons. The molecule has 6 heteroatoms. The Bertz CT molecular complexity index is 430. The lowest BCUT2D eigenvalue weighted by Gasteiger charge is -2.29. The molecule has 1 aromatic rings. The van der Waals surface area contributed by atoms with Crippen molar-refractivity contribution in [2.75, 3.05) is 12.3 Å². The van der Waals surface area contributed by atoms with Gasteiger partial charge in [0.25, 0.3) is 0 Å². The van der Waals surface area contributed by atoms with E-state index in [1.807, 2.05) is 13.0 Å². The van der Waals surface area contributed by atoms with Crippen molar-refractivity contribution in [3.05, 3.63) is 29.3 Å². The Morgan fingerprint density at radius 2 is 2.39 bits per heavy atom. The van der Waals surface area contributed by atoms with Crippen molar-refractivity contribution in [3.63, 3.8) is 0 Å². The second kappa shape index (κ2) is 5.51. The van der Waals surface area contributed by atoms with Crippen LogP contribution in [0.2, 0.25) is 0 Å². The van der Waals surface area contributed by atoms with Gasteiger partial charge in [-0.1, -0.05) is 12.2 Å². The SMILES string of the molecule is CON([O-])c1cnn(C)c1[C@@H]1CCC=C[C@@H](C)O1. The van der Waals surface area contributed by atoms with E-state index in [4.69, 9.17) is 9.57 Å². The minimum atomic E-state index is -0.149. The van der Waals surface area contributed by atoms with E-state index < -0.39 is 0 Å². The second-order valence-electron chi connectivity index (χ2n) is 4.31. The summed E-state index contributed by atoms with van der Waals surface area (Å²) in [7, 11) is 3.14. The minimum Gasteiger partial charge on any atom is -0.733 e. The van der Waals surface area contributed by atoms with E-state index in [0.29, 0.717) is 10.9 Å². The molecule has 0 amide bonds. The van der Waals surface area contributed by atoms with Gasteiger partial charge in [0, 0.05) is 7.05 Å². The maximum absolute atomic E-state index is 11.6. The lowest BCUT2D eigenvalue weighted by atomic mass is 10.1. The molecular formula is C12H18N3O3-. The summed E-state index contributed by atoms with van der Waals surface area (Å²) in [5.74, 6) is 0. The summed E-state index contributed by atoms with van der Waals surface area (Å²) in [5.41, 5.74) is 1.15. The van der Waals surface area contributed by atoms with Crippen LogP contribution >= 0.6 is 0 Å². The van der Waals surface area contributed by atoms with Crippen LogP contribution in [0.25, 0.3) is 0 Å². The van der Waals surface area contributed by atoms with Crippen LogP contribution in [0.15, 0.2) is 18.3 Å². The van der Waals surface area contributed by atoms with Crippen LogP contribution in [-0.2, 0) is 16.6 Å². The van der Waals surface area contributed by atoms with Gasteiger partial charge in [-0.25, -0.2) is 0 Å². The molecule has 0 radical (unpaired) electrons. The Kier molecular flexibility index (Phi) is 4.00. The van der Waals surface area contributed by atoms with Crippen LogP contribution in [-0.4, -0.2) is 23.0 Å². The highest BCUT2D eigenvalue weighted by Crippen LogP contribution is 2.33. The van der Waals surface area contributed by atoms with Gasteiger partial charge in [-0.3, -0.25) is 9.52 Å². The number of rotatable bonds is 3. The van der Waals surface area contributed by atoms with E-state index in [1.54, 1.807) is 11.7 Å². The highest BCUT2D eigenvalue weighted by Gasteiger charge is 2.23. The smallest absolute Gasteiger partial charge is 0.102 e. The molecule has 2 atom stereocenters. The summed E-state index contributed by atoms with van der Waals surface area (Å²) >= 11 is 0. The summed E-state index contributed by atoms with van der Waals surface area (Å²) in [6.45, 7) is 1.98. The zero-order valence-electron chi connectivity index (χ0n) is 10.9. The Labute approximate surface area is 106 Å². The molecule has 0 saturated heterocycles. The number of anilines is 1. The van der Waals surface area contributed by atoms with Gasteiger partial charge in [-0.15, -0.1) is 0 Å². The third kappa shape index (κ3) is 2.55. The van der Waals surface area contributed by atoms with E-state index in [9.17, 15) is 5.21 Å². The summed E-state index contributed by atoms with van der Waals surface area (Å²) < 4.78 is 7.57. The van der Waals surface area contributed by atoms with Gasteiger partial charge in [0.15, 0.2) is 0 Å². The standard InChI is InChI=1S/C12H18N3O3/c1-9-6-4-5-7-11(18-9)12-10(15(16)17-3)8-13-14(12)2/h4,6,8-9,11H,5,7H2,1-3H3/q-1/t9-,11+/m1/s1. The molecule has 0 bridgehead atoms. The zero-order chi connectivity index (χ0) is 13.1. The Morgan fingerprint density at radius 1 is 1.61 bits per heavy atom. The van der Waals surface area contributed by atoms with Gasteiger partial charge in [-0.05, 0) is 19.8 Å². The predicted octanol–water partition coefficient (Wildman–Crippen LogP) is 2.08. The zero-order valence-corrected chi connectivity index (χ0v) is 10.9. The molecule has 1 aliphatic rings. The number of hydrogen-bond donors (Lipinski definition) is 0. The van der Waals surface area contributed by atoms with Crippen molar-refractivity contribution in [2.24, 2.45) is 7.05 Å². The Hall–Kier alpha value is -1.37. The largest absolute Gasteiger partial charge is 0.733 e. The minimum absolute atomic E-state index is 0.0305. The quantitative estimate of drug-likeness (QED) is 0.608. The molecule has 1 aromatic heterocycles. The third-order valence-electron chi connectivity index (χ3n) is 3.01. The topological polar surface area (TPSA) is 62.6 Å². The third-order valence-corrected chi connectivity index (χ3v) is 3.01. The lowest BCUT2D eigenvalue weighted by Crippen LogP contribution is -2.19. The van der Waals surface area contributed by atoms with E-state index >= 15 is 0 Å². The maximum atomic E-state index is 11.6. The molecule has 0 spiro atoms. The molecule has 0 aliphatic carbocycles. The first-order valence-electron chi connectivity index (χ1n) is 5.99. The predicted molar refractivity (Wildman–Crippen MR) is 67.7 cm³/mol. The monoisotopic (exact) mass is 252 g/mol. The number of aromatic nitrogens is 2. The van der Waals surface area contributed by atoms with Crippen LogP contribution in [0.4, 0.5) is 5.69 Å².